The molecule has 7 heteroatoms. The summed E-state index contributed by atoms with van der Waals surface area (Å²) in [5, 5.41) is 15.5. The van der Waals surface area contributed by atoms with Crippen molar-refractivity contribution in [2.75, 3.05) is 5.32 Å². The molecule has 0 aromatic heterocycles. The van der Waals surface area contributed by atoms with E-state index in [1.165, 1.54) is 6.92 Å². The third-order valence-electron chi connectivity index (χ3n) is 6.38. The van der Waals surface area contributed by atoms with Crippen molar-refractivity contribution >= 4 is 23.6 Å². The molecule has 0 spiro atoms. The molecule has 3 N–H and O–H groups in total. The fourth-order valence-corrected chi connectivity index (χ4v) is 5.69. The molecule has 4 bridgehead atoms. The van der Waals surface area contributed by atoms with Gasteiger partial charge in [0, 0.05) is 5.69 Å². The van der Waals surface area contributed by atoms with Crippen molar-refractivity contribution in [3.8, 4) is 0 Å². The van der Waals surface area contributed by atoms with Gasteiger partial charge in [-0.2, -0.15) is 0 Å². The highest BCUT2D eigenvalue weighted by Crippen LogP contribution is 2.62. The van der Waals surface area contributed by atoms with Gasteiger partial charge in [0.05, 0.1) is 11.0 Å². The van der Waals surface area contributed by atoms with Crippen LogP contribution in [0.1, 0.15) is 45.4 Å². The van der Waals surface area contributed by atoms with Crippen LogP contribution in [0.15, 0.2) is 30.3 Å². The van der Waals surface area contributed by atoms with E-state index >= 15 is 0 Å². The SMILES string of the molecule is C[C@@H](OC(=O)C12C[C@H]3C[C@@H](CC(O)(C3)C1)C2)C(=O)NC(=O)Nc1ccccc1. The zero-order chi connectivity index (χ0) is 19.9. The van der Waals surface area contributed by atoms with Crippen molar-refractivity contribution in [3.05, 3.63) is 30.3 Å². The lowest BCUT2D eigenvalue weighted by Gasteiger charge is -2.58. The molecule has 3 amide bonds. The zero-order valence-electron chi connectivity index (χ0n) is 15.9. The van der Waals surface area contributed by atoms with Crippen LogP contribution < -0.4 is 10.6 Å². The van der Waals surface area contributed by atoms with E-state index in [1.807, 2.05) is 6.07 Å². The highest BCUT2D eigenvalue weighted by Gasteiger charge is 2.61. The quantitative estimate of drug-likeness (QED) is 0.690. The van der Waals surface area contributed by atoms with Crippen LogP contribution in [0.3, 0.4) is 0 Å². The Balaban J connectivity index is 1.34. The maximum atomic E-state index is 12.9. The summed E-state index contributed by atoms with van der Waals surface area (Å²) in [7, 11) is 0. The van der Waals surface area contributed by atoms with E-state index in [4.69, 9.17) is 4.74 Å². The number of carbonyl (C=O) groups excluding carboxylic acids is 3. The van der Waals surface area contributed by atoms with E-state index in [0.717, 1.165) is 19.3 Å². The van der Waals surface area contributed by atoms with Crippen LogP contribution >= 0.6 is 0 Å². The van der Waals surface area contributed by atoms with Gasteiger partial charge < -0.3 is 15.2 Å². The second-order valence-corrected chi connectivity index (χ2v) is 8.82. The van der Waals surface area contributed by atoms with Gasteiger partial charge >= 0.3 is 12.0 Å². The highest BCUT2D eigenvalue weighted by atomic mass is 16.5. The number of aliphatic hydroxyl groups is 1. The Labute approximate surface area is 163 Å². The molecule has 5 rings (SSSR count). The fourth-order valence-electron chi connectivity index (χ4n) is 5.69. The van der Waals surface area contributed by atoms with Crippen LogP contribution in [-0.2, 0) is 14.3 Å². The summed E-state index contributed by atoms with van der Waals surface area (Å²) in [6.45, 7) is 1.46. The second-order valence-electron chi connectivity index (χ2n) is 8.82. The number of urea groups is 1. The van der Waals surface area contributed by atoms with E-state index in [0.29, 0.717) is 36.8 Å². The summed E-state index contributed by atoms with van der Waals surface area (Å²) in [6, 6.07) is 8.07. The van der Waals surface area contributed by atoms with E-state index < -0.39 is 35.0 Å². The first kappa shape index (κ1) is 18.9. The van der Waals surface area contributed by atoms with Crippen LogP contribution in [0.5, 0.6) is 0 Å². The minimum absolute atomic E-state index is 0.347. The molecule has 3 atom stereocenters. The summed E-state index contributed by atoms with van der Waals surface area (Å²) in [4.78, 5) is 37.1. The molecule has 1 aromatic rings. The fraction of sp³-hybridized carbons (Fsp3) is 0.571. The first-order valence-corrected chi connectivity index (χ1v) is 9.87. The lowest BCUT2D eigenvalue weighted by Crippen LogP contribution is -2.59. The first-order valence-electron chi connectivity index (χ1n) is 9.87. The van der Waals surface area contributed by atoms with Crippen molar-refractivity contribution in [3.63, 3.8) is 0 Å². The lowest BCUT2D eigenvalue weighted by molar-refractivity contribution is -0.199. The molecule has 4 aliphatic carbocycles. The molecule has 4 fully saturated rings. The Hall–Kier alpha value is -2.41. The highest BCUT2D eigenvalue weighted by molar-refractivity contribution is 6.03. The van der Waals surface area contributed by atoms with Crippen molar-refractivity contribution in [2.24, 2.45) is 17.3 Å². The summed E-state index contributed by atoms with van der Waals surface area (Å²) < 4.78 is 5.45. The number of hydrogen-bond donors (Lipinski definition) is 3. The number of ether oxygens (including phenoxy) is 1. The standard InChI is InChI=1S/C21H26N2O5/c1-13(17(24)23-19(26)22-16-5-3-2-4-6-16)28-18(25)20-8-14-7-15(9-20)11-21(27,10-14)12-20/h2-6,13-15,27H,7-12H2,1H3,(H2,22,23,24,26)/t13-,14-,15-,20?,21?/m1/s1. The van der Waals surface area contributed by atoms with E-state index in [1.54, 1.807) is 24.3 Å². The number of imide groups is 1. The molecule has 4 aliphatic rings. The predicted octanol–water partition coefficient (Wildman–Crippen LogP) is 2.60. The minimum Gasteiger partial charge on any atom is -0.452 e. The maximum Gasteiger partial charge on any atom is 0.325 e. The molecule has 28 heavy (non-hydrogen) atoms. The normalized spacial score (nSPS) is 33.8. The van der Waals surface area contributed by atoms with Gasteiger partial charge in [-0.3, -0.25) is 14.9 Å². The van der Waals surface area contributed by atoms with Gasteiger partial charge in [-0.15, -0.1) is 0 Å². The number of esters is 1. The van der Waals surface area contributed by atoms with E-state index in [2.05, 4.69) is 10.6 Å². The summed E-state index contributed by atoms with van der Waals surface area (Å²) >= 11 is 0. The van der Waals surface area contributed by atoms with Crippen molar-refractivity contribution in [1.29, 1.82) is 0 Å². The van der Waals surface area contributed by atoms with E-state index in [-0.39, 0.29) is 0 Å². The minimum atomic E-state index is -1.09. The van der Waals surface area contributed by atoms with E-state index in [9.17, 15) is 19.5 Å². The largest absolute Gasteiger partial charge is 0.452 e. The van der Waals surface area contributed by atoms with Gasteiger partial charge in [-0.25, -0.2) is 4.79 Å². The molecule has 7 nitrogen and oxygen atoms in total. The van der Waals surface area contributed by atoms with Gasteiger partial charge in [0.2, 0.25) is 0 Å². The van der Waals surface area contributed by atoms with Crippen molar-refractivity contribution in [1.82, 2.24) is 5.32 Å². The van der Waals surface area contributed by atoms with Gasteiger partial charge in [0.15, 0.2) is 6.10 Å². The molecule has 0 heterocycles. The average molecular weight is 386 g/mol. The third kappa shape index (κ3) is 3.63. The molecule has 4 saturated carbocycles. The van der Waals surface area contributed by atoms with Crippen molar-refractivity contribution < 1.29 is 24.2 Å². The lowest BCUT2D eigenvalue weighted by atomic mass is 9.48. The second kappa shape index (κ2) is 6.88. The van der Waals surface area contributed by atoms with Gasteiger partial charge in [0.25, 0.3) is 5.91 Å². The Bertz CT molecular complexity index is 779. The molecule has 0 unspecified atom stereocenters. The Morgan fingerprint density at radius 2 is 1.75 bits per heavy atom. The molecule has 1 aromatic carbocycles. The maximum absolute atomic E-state index is 12.9. The molecule has 0 saturated heterocycles. The number of benzene rings is 1. The van der Waals surface area contributed by atoms with Crippen LogP contribution in [0.2, 0.25) is 0 Å². The van der Waals surface area contributed by atoms with Gasteiger partial charge in [-0.05, 0) is 69.4 Å². The number of rotatable bonds is 4. The predicted molar refractivity (Wildman–Crippen MR) is 101 cm³/mol. The smallest absolute Gasteiger partial charge is 0.325 e. The van der Waals surface area contributed by atoms with Gasteiger partial charge in [0.1, 0.15) is 0 Å². The Morgan fingerprint density at radius 1 is 1.11 bits per heavy atom. The summed E-state index contributed by atoms with van der Waals surface area (Å²) in [5.74, 6) is -0.407. The molecule has 0 aliphatic heterocycles. The van der Waals surface area contributed by atoms with Crippen LogP contribution in [-0.4, -0.2) is 34.7 Å². The number of para-hydroxylation sites is 1. The number of carbonyl (C=O) groups is 3. The topological polar surface area (TPSA) is 105 Å². The number of hydrogen-bond acceptors (Lipinski definition) is 5. The van der Waals surface area contributed by atoms with Crippen LogP contribution in [0.4, 0.5) is 10.5 Å². The van der Waals surface area contributed by atoms with Crippen LogP contribution in [0.25, 0.3) is 0 Å². The average Bonchev–Trinajstić information content (AvgIpc) is 2.60. The molecular formula is C21H26N2O5. The first-order chi connectivity index (χ1) is 13.3. The number of nitrogens with one attached hydrogen (secondary N) is 2. The summed E-state index contributed by atoms with van der Waals surface area (Å²) in [6.07, 6.45) is 3.34. The third-order valence-corrected chi connectivity index (χ3v) is 6.38. The Morgan fingerprint density at radius 3 is 2.36 bits per heavy atom. The zero-order valence-corrected chi connectivity index (χ0v) is 15.9. The van der Waals surface area contributed by atoms with Gasteiger partial charge in [-0.1, -0.05) is 18.2 Å². The summed E-state index contributed by atoms with van der Waals surface area (Å²) in [5.41, 5.74) is -0.914. The molecule has 150 valence electrons. The van der Waals surface area contributed by atoms with Crippen molar-refractivity contribution in [2.45, 2.75) is 57.2 Å². The Kier molecular flexibility index (Phi) is 4.65. The monoisotopic (exact) mass is 386 g/mol. The number of amides is 3. The molecule has 0 radical (unpaired) electrons. The number of anilines is 1. The van der Waals surface area contributed by atoms with Crippen LogP contribution in [0, 0.1) is 17.3 Å². The molecular weight excluding hydrogens is 360 g/mol.